The first-order chi connectivity index (χ1) is 18.5. The molecule has 0 aliphatic carbocycles. The van der Waals surface area contributed by atoms with Gasteiger partial charge in [0.1, 0.15) is 11.8 Å². The summed E-state index contributed by atoms with van der Waals surface area (Å²) in [5.74, 6) is 0.0889. The third-order valence-corrected chi connectivity index (χ3v) is 6.49. The van der Waals surface area contributed by atoms with E-state index in [0.717, 1.165) is 11.1 Å². The molecule has 0 radical (unpaired) electrons. The lowest BCUT2D eigenvalue weighted by atomic mass is 10.1. The highest BCUT2D eigenvalue weighted by atomic mass is 16.3. The minimum atomic E-state index is -0.883. The van der Waals surface area contributed by atoms with Gasteiger partial charge in [-0.25, -0.2) is 4.79 Å². The van der Waals surface area contributed by atoms with E-state index < -0.39 is 12.1 Å². The van der Waals surface area contributed by atoms with Crippen molar-refractivity contribution in [2.24, 2.45) is 0 Å². The number of para-hydroxylation sites is 1. The minimum absolute atomic E-state index is 0.0592. The standard InChI is InChI=1S/C30H28N4O4/c1-21-12-14-25(15-13-21)31-28(35)26-20-33(16-17-34(26)30(37)32-24-9-3-2-4-10-24)29(36)23-8-5-7-22(19-23)27-11-6-18-38-27/h2-15,18-19,26H,16-17,20H2,1H3,(H,31,35)(H,32,37). The summed E-state index contributed by atoms with van der Waals surface area (Å²) in [4.78, 5) is 43.3. The Labute approximate surface area is 220 Å². The molecule has 1 aliphatic rings. The molecular weight excluding hydrogens is 480 g/mol. The first kappa shape index (κ1) is 24.8. The summed E-state index contributed by atoms with van der Waals surface area (Å²) >= 11 is 0. The number of hydrogen-bond acceptors (Lipinski definition) is 4. The van der Waals surface area contributed by atoms with Gasteiger partial charge in [-0.1, -0.05) is 48.0 Å². The van der Waals surface area contributed by atoms with E-state index in [1.54, 1.807) is 47.6 Å². The minimum Gasteiger partial charge on any atom is -0.464 e. The zero-order chi connectivity index (χ0) is 26.5. The van der Waals surface area contributed by atoms with E-state index in [0.29, 0.717) is 29.2 Å². The molecule has 2 heterocycles. The molecule has 3 aromatic carbocycles. The van der Waals surface area contributed by atoms with Crippen molar-refractivity contribution in [1.82, 2.24) is 9.80 Å². The van der Waals surface area contributed by atoms with Crippen LogP contribution in [-0.2, 0) is 4.79 Å². The Morgan fingerprint density at radius 3 is 2.32 bits per heavy atom. The van der Waals surface area contributed by atoms with Crippen LogP contribution in [0, 0.1) is 6.92 Å². The summed E-state index contributed by atoms with van der Waals surface area (Å²) in [5.41, 5.74) is 3.59. The second-order valence-corrected chi connectivity index (χ2v) is 9.17. The van der Waals surface area contributed by atoms with E-state index in [1.807, 2.05) is 61.5 Å². The predicted molar refractivity (Wildman–Crippen MR) is 146 cm³/mol. The maximum absolute atomic E-state index is 13.5. The van der Waals surface area contributed by atoms with Gasteiger partial charge < -0.3 is 24.9 Å². The third-order valence-electron chi connectivity index (χ3n) is 6.49. The van der Waals surface area contributed by atoms with E-state index in [-0.39, 0.29) is 24.9 Å². The van der Waals surface area contributed by atoms with Gasteiger partial charge in [0.15, 0.2) is 0 Å². The van der Waals surface area contributed by atoms with Gasteiger partial charge in [0.2, 0.25) is 5.91 Å². The number of carbonyl (C=O) groups excluding carboxylic acids is 3. The predicted octanol–water partition coefficient (Wildman–Crippen LogP) is 5.25. The summed E-state index contributed by atoms with van der Waals surface area (Å²) in [5, 5.41) is 5.76. The lowest BCUT2D eigenvalue weighted by molar-refractivity contribution is -0.121. The van der Waals surface area contributed by atoms with Gasteiger partial charge in [0, 0.05) is 35.6 Å². The van der Waals surface area contributed by atoms with Crippen molar-refractivity contribution >= 4 is 29.2 Å². The Balaban J connectivity index is 1.37. The smallest absolute Gasteiger partial charge is 0.322 e. The normalized spacial score (nSPS) is 15.1. The first-order valence-corrected chi connectivity index (χ1v) is 12.4. The monoisotopic (exact) mass is 508 g/mol. The van der Waals surface area contributed by atoms with Crippen molar-refractivity contribution in [3.63, 3.8) is 0 Å². The van der Waals surface area contributed by atoms with E-state index in [1.165, 1.54) is 4.90 Å². The number of hydrogen-bond donors (Lipinski definition) is 2. The molecule has 5 rings (SSSR count). The number of nitrogens with zero attached hydrogens (tertiary/aromatic N) is 2. The molecule has 0 saturated carbocycles. The highest BCUT2D eigenvalue weighted by molar-refractivity contribution is 6.01. The van der Waals surface area contributed by atoms with Gasteiger partial charge in [-0.15, -0.1) is 0 Å². The van der Waals surface area contributed by atoms with E-state index in [9.17, 15) is 14.4 Å². The molecule has 1 aliphatic heterocycles. The maximum atomic E-state index is 13.5. The maximum Gasteiger partial charge on any atom is 0.322 e. The summed E-state index contributed by atoms with van der Waals surface area (Å²) in [6.45, 7) is 2.52. The number of benzene rings is 3. The number of rotatable bonds is 5. The van der Waals surface area contributed by atoms with Gasteiger partial charge in [-0.05, 0) is 55.5 Å². The van der Waals surface area contributed by atoms with Crippen molar-refractivity contribution in [1.29, 1.82) is 0 Å². The van der Waals surface area contributed by atoms with Crippen LogP contribution >= 0.6 is 0 Å². The van der Waals surface area contributed by atoms with Crippen LogP contribution in [0.3, 0.4) is 0 Å². The van der Waals surface area contributed by atoms with Gasteiger partial charge in [0.05, 0.1) is 12.8 Å². The highest BCUT2D eigenvalue weighted by Gasteiger charge is 2.37. The van der Waals surface area contributed by atoms with Crippen molar-refractivity contribution in [3.8, 4) is 11.3 Å². The van der Waals surface area contributed by atoms with Gasteiger partial charge in [-0.2, -0.15) is 0 Å². The number of urea groups is 1. The quantitative estimate of drug-likeness (QED) is 0.385. The number of furan rings is 1. The fraction of sp³-hybridized carbons (Fsp3) is 0.167. The topological polar surface area (TPSA) is 94.9 Å². The molecule has 1 saturated heterocycles. The molecule has 4 amide bonds. The fourth-order valence-corrected chi connectivity index (χ4v) is 4.44. The molecule has 0 bridgehead atoms. The second kappa shape index (κ2) is 11.0. The molecule has 8 nitrogen and oxygen atoms in total. The van der Waals surface area contributed by atoms with E-state index in [2.05, 4.69) is 10.6 Å². The Kier molecular flexibility index (Phi) is 7.21. The zero-order valence-electron chi connectivity index (χ0n) is 21.0. The second-order valence-electron chi connectivity index (χ2n) is 9.17. The average molecular weight is 509 g/mol. The van der Waals surface area contributed by atoms with Crippen molar-refractivity contribution in [2.75, 3.05) is 30.3 Å². The summed E-state index contributed by atoms with van der Waals surface area (Å²) < 4.78 is 5.47. The molecule has 192 valence electrons. The molecule has 1 atom stereocenters. The van der Waals surface area contributed by atoms with Crippen LogP contribution < -0.4 is 10.6 Å². The van der Waals surface area contributed by atoms with Gasteiger partial charge >= 0.3 is 6.03 Å². The molecule has 4 aromatic rings. The molecule has 8 heteroatoms. The van der Waals surface area contributed by atoms with E-state index >= 15 is 0 Å². The van der Waals surface area contributed by atoms with Gasteiger partial charge in [-0.3, -0.25) is 9.59 Å². The van der Waals surface area contributed by atoms with Crippen LogP contribution in [0.4, 0.5) is 16.2 Å². The van der Waals surface area contributed by atoms with Crippen LogP contribution in [0.2, 0.25) is 0 Å². The zero-order valence-corrected chi connectivity index (χ0v) is 21.0. The first-order valence-electron chi connectivity index (χ1n) is 12.4. The molecule has 2 N–H and O–H groups in total. The van der Waals surface area contributed by atoms with Crippen LogP contribution in [0.15, 0.2) is 102 Å². The number of aryl methyl sites for hydroxylation is 1. The number of amides is 4. The molecule has 0 spiro atoms. The molecule has 1 fully saturated rings. The van der Waals surface area contributed by atoms with Gasteiger partial charge in [0.25, 0.3) is 5.91 Å². The largest absolute Gasteiger partial charge is 0.464 e. The third kappa shape index (κ3) is 5.59. The average Bonchev–Trinajstić information content (AvgIpc) is 3.49. The van der Waals surface area contributed by atoms with E-state index in [4.69, 9.17) is 4.42 Å². The Morgan fingerprint density at radius 1 is 0.816 bits per heavy atom. The van der Waals surface area contributed by atoms with Crippen molar-refractivity contribution in [3.05, 3.63) is 108 Å². The lowest BCUT2D eigenvalue weighted by Gasteiger charge is -2.40. The Morgan fingerprint density at radius 2 is 1.58 bits per heavy atom. The van der Waals surface area contributed by atoms with Crippen LogP contribution in [0.1, 0.15) is 15.9 Å². The lowest BCUT2D eigenvalue weighted by Crippen LogP contribution is -2.61. The number of piperazine rings is 1. The highest BCUT2D eigenvalue weighted by Crippen LogP contribution is 2.23. The molecule has 1 unspecified atom stereocenters. The number of anilines is 2. The SMILES string of the molecule is Cc1ccc(NC(=O)C2CN(C(=O)c3cccc(-c4ccco4)c3)CCN2C(=O)Nc2ccccc2)cc1. The Bertz CT molecular complexity index is 1420. The number of nitrogens with one attached hydrogen (secondary N) is 2. The fourth-order valence-electron chi connectivity index (χ4n) is 4.44. The summed E-state index contributed by atoms with van der Waals surface area (Å²) in [6, 6.07) is 26.0. The Hall–Kier alpha value is -4.85. The molecular formula is C30H28N4O4. The van der Waals surface area contributed by atoms with Crippen LogP contribution in [-0.4, -0.2) is 53.3 Å². The van der Waals surface area contributed by atoms with Crippen molar-refractivity contribution in [2.45, 2.75) is 13.0 Å². The molecule has 1 aromatic heterocycles. The van der Waals surface area contributed by atoms with Crippen LogP contribution in [0.25, 0.3) is 11.3 Å². The number of carbonyl (C=O) groups is 3. The van der Waals surface area contributed by atoms with Crippen LogP contribution in [0.5, 0.6) is 0 Å². The van der Waals surface area contributed by atoms with Crippen molar-refractivity contribution < 1.29 is 18.8 Å². The molecule has 38 heavy (non-hydrogen) atoms. The summed E-state index contributed by atoms with van der Waals surface area (Å²) in [6.07, 6.45) is 1.58. The summed E-state index contributed by atoms with van der Waals surface area (Å²) in [7, 11) is 0.